The number of rotatable bonds is 17. The zero-order valence-electron chi connectivity index (χ0n) is 23.2. The number of esters is 1. The average Bonchev–Trinajstić information content (AvgIpc) is 2.85. The number of benzene rings is 1. The van der Waals surface area contributed by atoms with Gasteiger partial charge in [0.2, 0.25) is 0 Å². The molecule has 1 aromatic carbocycles. The number of nitrogens with zero attached hydrogens (tertiary/aromatic N) is 2. The van der Waals surface area contributed by atoms with E-state index in [0.29, 0.717) is 35.1 Å². The molecule has 0 unspecified atom stereocenters. The van der Waals surface area contributed by atoms with Crippen molar-refractivity contribution in [2.45, 2.75) is 13.5 Å². The van der Waals surface area contributed by atoms with Crippen molar-refractivity contribution >= 4 is 18.3 Å². The zero-order chi connectivity index (χ0) is 28.7. The van der Waals surface area contributed by atoms with E-state index in [1.807, 2.05) is 46.4 Å². The van der Waals surface area contributed by atoms with Gasteiger partial charge in [-0.15, -0.1) is 0 Å². The lowest BCUT2D eigenvalue weighted by Gasteiger charge is -2.29. The molecule has 0 spiro atoms. The Labute approximate surface area is 224 Å². The van der Waals surface area contributed by atoms with Crippen LogP contribution in [0.4, 0.5) is 9.59 Å². The molecule has 0 heterocycles. The lowest BCUT2D eigenvalue weighted by Crippen LogP contribution is -2.45. The zero-order valence-corrected chi connectivity index (χ0v) is 23.2. The smallest absolute Gasteiger partial charge is 0.460 e. The summed E-state index contributed by atoms with van der Waals surface area (Å²) in [5.41, 5.74) is -0.762. The second kappa shape index (κ2) is 16.1. The van der Waals surface area contributed by atoms with E-state index in [4.69, 9.17) is 33.9 Å². The maximum Gasteiger partial charge on any atom is 0.508 e. The average molecular weight is 545 g/mol. The summed E-state index contributed by atoms with van der Waals surface area (Å²) in [7, 11) is 7.53. The molecule has 12 heteroatoms. The van der Waals surface area contributed by atoms with Crippen molar-refractivity contribution in [1.82, 2.24) is 0 Å². The Kier molecular flexibility index (Phi) is 14.0. The summed E-state index contributed by atoms with van der Waals surface area (Å²) in [5, 5.41) is 18.2. The normalized spacial score (nSPS) is 12.0. The van der Waals surface area contributed by atoms with Crippen LogP contribution in [0.5, 0.6) is 0 Å². The predicted octanol–water partition coefficient (Wildman–Crippen LogP) is 1.18. The number of carbonyl (C=O) groups is 3. The summed E-state index contributed by atoms with van der Waals surface area (Å²) in [6, 6.07) is 9.03. The van der Waals surface area contributed by atoms with Gasteiger partial charge in [-0.3, -0.25) is 4.79 Å². The second-order valence-electron chi connectivity index (χ2n) is 10.6. The lowest BCUT2D eigenvalue weighted by molar-refractivity contribution is -0.890. The Bertz CT molecular complexity index is 821. The molecule has 1 aromatic rings. The number of aliphatic hydroxyl groups excluding tert-OH is 2. The summed E-state index contributed by atoms with van der Waals surface area (Å²) < 4.78 is 26.8. The predicted molar refractivity (Wildman–Crippen MR) is 137 cm³/mol. The van der Waals surface area contributed by atoms with Gasteiger partial charge >= 0.3 is 18.3 Å². The van der Waals surface area contributed by atoms with Crippen LogP contribution < -0.4 is 0 Å². The highest BCUT2D eigenvalue weighted by molar-refractivity contribution is 5.77. The molecule has 2 N–H and O–H groups in total. The van der Waals surface area contributed by atoms with Crippen LogP contribution in [0.3, 0.4) is 0 Å². The first-order valence-electron chi connectivity index (χ1n) is 12.5. The Morgan fingerprint density at radius 2 is 1.16 bits per heavy atom. The molecule has 0 saturated carbocycles. The molecule has 0 aliphatic carbocycles. The third-order valence-electron chi connectivity index (χ3n) is 5.97. The number of carbonyl (C=O) groups excluding carboxylic acids is 3. The minimum absolute atomic E-state index is 0.00285. The van der Waals surface area contributed by atoms with E-state index in [-0.39, 0.29) is 33.0 Å². The van der Waals surface area contributed by atoms with Gasteiger partial charge in [0, 0.05) is 0 Å². The van der Waals surface area contributed by atoms with Gasteiger partial charge in [-0.1, -0.05) is 30.3 Å². The van der Waals surface area contributed by atoms with Crippen LogP contribution in [0, 0.1) is 5.41 Å². The molecule has 0 saturated heterocycles. The van der Waals surface area contributed by atoms with Crippen molar-refractivity contribution in [3.05, 3.63) is 35.9 Å². The Balaban J connectivity index is 2.69. The Morgan fingerprint density at radius 3 is 1.58 bits per heavy atom. The summed E-state index contributed by atoms with van der Waals surface area (Å²) in [5.74, 6) is -0.733. The molecular weight excluding hydrogens is 500 g/mol. The summed E-state index contributed by atoms with van der Waals surface area (Å²) in [4.78, 5) is 37.3. The van der Waals surface area contributed by atoms with E-state index in [9.17, 15) is 14.4 Å². The molecule has 0 aliphatic heterocycles. The van der Waals surface area contributed by atoms with E-state index in [0.717, 1.165) is 5.56 Å². The molecule has 38 heavy (non-hydrogen) atoms. The van der Waals surface area contributed by atoms with Crippen LogP contribution in [0.15, 0.2) is 30.3 Å². The fourth-order valence-corrected chi connectivity index (χ4v) is 3.09. The third kappa shape index (κ3) is 13.6. The minimum atomic E-state index is -1.52. The van der Waals surface area contributed by atoms with Crippen LogP contribution >= 0.6 is 0 Å². The van der Waals surface area contributed by atoms with E-state index in [2.05, 4.69) is 0 Å². The summed E-state index contributed by atoms with van der Waals surface area (Å²) in [6.07, 6.45) is -1.97. The van der Waals surface area contributed by atoms with Gasteiger partial charge in [0.1, 0.15) is 64.6 Å². The van der Waals surface area contributed by atoms with E-state index < -0.39 is 36.9 Å². The Morgan fingerprint density at radius 1 is 0.711 bits per heavy atom. The largest absolute Gasteiger partial charge is 0.508 e. The van der Waals surface area contributed by atoms with Crippen molar-refractivity contribution in [3.8, 4) is 0 Å². The van der Waals surface area contributed by atoms with Crippen molar-refractivity contribution in [1.29, 1.82) is 0 Å². The molecule has 1 rings (SSSR count). The van der Waals surface area contributed by atoms with Gasteiger partial charge in [0.25, 0.3) is 0 Å². The molecule has 0 fully saturated rings. The topological polar surface area (TPSA) is 138 Å². The molecular formula is C26H44N2O10+2. The highest BCUT2D eigenvalue weighted by Crippen LogP contribution is 2.22. The first-order chi connectivity index (χ1) is 17.8. The van der Waals surface area contributed by atoms with E-state index in [1.165, 1.54) is 6.92 Å². The molecule has 0 amide bonds. The maximum absolute atomic E-state index is 13.0. The van der Waals surface area contributed by atoms with Gasteiger partial charge in [-0.05, 0) is 12.5 Å². The number of likely N-dealkylation sites (N-methyl/N-ethyl adjacent to an activating group) is 2. The highest BCUT2D eigenvalue weighted by Gasteiger charge is 2.39. The number of hydrogen-bond donors (Lipinski definition) is 2. The van der Waals surface area contributed by atoms with Crippen LogP contribution in [0.25, 0.3) is 0 Å². The number of hydrogen-bond acceptors (Lipinski definition) is 10. The molecule has 0 atom stereocenters. The van der Waals surface area contributed by atoms with Crippen LogP contribution in [-0.2, 0) is 35.1 Å². The molecule has 0 aromatic heterocycles. The summed E-state index contributed by atoms with van der Waals surface area (Å²) >= 11 is 0. The van der Waals surface area contributed by atoms with Crippen LogP contribution in [0.2, 0.25) is 0 Å². The van der Waals surface area contributed by atoms with Crippen molar-refractivity contribution in [2.24, 2.45) is 5.41 Å². The molecule has 0 radical (unpaired) electrons. The van der Waals surface area contributed by atoms with Crippen molar-refractivity contribution < 1.29 is 57.2 Å². The van der Waals surface area contributed by atoms with E-state index >= 15 is 0 Å². The highest BCUT2D eigenvalue weighted by atomic mass is 16.7. The molecule has 0 aliphatic rings. The van der Waals surface area contributed by atoms with Gasteiger partial charge in [0.05, 0.1) is 41.4 Å². The standard InChI is InChI=1S/C26H44N2O10/c1-26(23(31)36-19-22-9-7-6-8-10-22,20-37-24(32)34-17-13-27(2,3)11-15-29)21-38-25(33)35-18-14-28(4,5)12-16-30/h6-10,29-30H,11-21H2,1-5H3/q+2. The van der Waals surface area contributed by atoms with Crippen LogP contribution in [-0.4, -0.2) is 131 Å². The summed E-state index contributed by atoms with van der Waals surface area (Å²) in [6.45, 7) is 2.52. The minimum Gasteiger partial charge on any atom is -0.460 e. The number of aliphatic hydroxyl groups is 2. The first kappa shape index (κ1) is 33.1. The molecule has 216 valence electrons. The maximum atomic E-state index is 13.0. The molecule has 12 nitrogen and oxygen atoms in total. The van der Waals surface area contributed by atoms with Crippen molar-refractivity contribution in [3.63, 3.8) is 0 Å². The third-order valence-corrected chi connectivity index (χ3v) is 5.97. The Hall–Kier alpha value is -2.93. The molecule has 0 bridgehead atoms. The SMILES string of the molecule is CC(COC(=O)OCC[N+](C)(C)CCO)(COC(=O)OCC[N+](C)(C)CCO)C(=O)OCc1ccccc1. The van der Waals surface area contributed by atoms with Gasteiger partial charge < -0.3 is 42.9 Å². The van der Waals surface area contributed by atoms with Crippen molar-refractivity contribution in [2.75, 3.05) is 94.0 Å². The number of quaternary nitrogens is 2. The quantitative estimate of drug-likeness (QED) is 0.167. The fraction of sp³-hybridized carbons (Fsp3) is 0.654. The fourth-order valence-electron chi connectivity index (χ4n) is 3.09. The van der Waals surface area contributed by atoms with Gasteiger partial charge in [0.15, 0.2) is 0 Å². The van der Waals surface area contributed by atoms with E-state index in [1.54, 1.807) is 12.1 Å². The van der Waals surface area contributed by atoms with Gasteiger partial charge in [-0.2, -0.15) is 0 Å². The van der Waals surface area contributed by atoms with Crippen LogP contribution in [0.1, 0.15) is 12.5 Å². The first-order valence-corrected chi connectivity index (χ1v) is 12.5. The second-order valence-corrected chi connectivity index (χ2v) is 10.6. The van der Waals surface area contributed by atoms with Gasteiger partial charge in [-0.25, -0.2) is 9.59 Å². The number of ether oxygens (including phenoxy) is 5. The lowest BCUT2D eigenvalue weighted by atomic mass is 9.93. The monoisotopic (exact) mass is 544 g/mol.